The second-order valence-corrected chi connectivity index (χ2v) is 4.23. The van der Waals surface area contributed by atoms with E-state index >= 15 is 0 Å². The molecule has 0 aliphatic carbocycles. The number of rotatable bonds is 2. The highest BCUT2D eigenvalue weighted by Gasteiger charge is 2.16. The van der Waals surface area contributed by atoms with Crippen LogP contribution in [0.1, 0.15) is 12.5 Å². The van der Waals surface area contributed by atoms with Gasteiger partial charge in [0.1, 0.15) is 0 Å². The molecule has 1 aromatic rings. The molecule has 0 amide bonds. The van der Waals surface area contributed by atoms with E-state index in [9.17, 15) is 0 Å². The van der Waals surface area contributed by atoms with E-state index in [0.29, 0.717) is 0 Å². The molecule has 0 saturated carbocycles. The van der Waals surface area contributed by atoms with Gasteiger partial charge in [-0.05, 0) is 24.6 Å². The summed E-state index contributed by atoms with van der Waals surface area (Å²) in [6.07, 6.45) is 1.79. The van der Waals surface area contributed by atoms with Crippen LogP contribution < -0.4 is 0 Å². The molecular weight excluding hydrogens is 188 g/mol. The van der Waals surface area contributed by atoms with Crippen molar-refractivity contribution in [2.24, 2.45) is 0 Å². The first-order chi connectivity index (χ1) is 5.56. The van der Waals surface area contributed by atoms with Crippen molar-refractivity contribution in [2.75, 3.05) is 0 Å². The summed E-state index contributed by atoms with van der Waals surface area (Å²) < 4.78 is -0.301. The molecule has 0 bridgehead atoms. The Morgan fingerprint density at radius 1 is 1.58 bits per heavy atom. The van der Waals surface area contributed by atoms with Crippen molar-refractivity contribution in [3.8, 4) is 0 Å². The number of hydrogen-bond acceptors (Lipinski definition) is 1. The van der Waals surface area contributed by atoms with E-state index in [2.05, 4.69) is 19.2 Å². The molecular formula is C10H11ClS. The quantitative estimate of drug-likeness (QED) is 0.544. The molecule has 0 aromatic heterocycles. The van der Waals surface area contributed by atoms with E-state index in [4.69, 9.17) is 11.6 Å². The van der Waals surface area contributed by atoms with Gasteiger partial charge in [0.25, 0.3) is 0 Å². The van der Waals surface area contributed by atoms with Crippen LogP contribution in [-0.2, 0) is 4.75 Å². The lowest BCUT2D eigenvalue weighted by Crippen LogP contribution is -2.08. The van der Waals surface area contributed by atoms with E-state index in [1.165, 1.54) is 0 Å². The molecule has 0 radical (unpaired) electrons. The van der Waals surface area contributed by atoms with Crippen LogP contribution in [0.4, 0.5) is 0 Å². The molecule has 1 aromatic carbocycles. The van der Waals surface area contributed by atoms with E-state index in [-0.39, 0.29) is 4.75 Å². The Bertz CT molecular complexity index is 292. The van der Waals surface area contributed by atoms with Crippen LogP contribution >= 0.6 is 24.2 Å². The second kappa shape index (κ2) is 3.55. The lowest BCUT2D eigenvalue weighted by molar-refractivity contribution is 0.892. The van der Waals surface area contributed by atoms with Crippen molar-refractivity contribution in [3.05, 3.63) is 47.5 Å². The van der Waals surface area contributed by atoms with Crippen LogP contribution in [0.15, 0.2) is 36.9 Å². The molecule has 0 saturated heterocycles. The van der Waals surface area contributed by atoms with Crippen molar-refractivity contribution in [1.29, 1.82) is 0 Å². The van der Waals surface area contributed by atoms with Crippen LogP contribution in [0.5, 0.6) is 0 Å². The van der Waals surface area contributed by atoms with E-state index in [0.717, 1.165) is 10.6 Å². The zero-order valence-corrected chi connectivity index (χ0v) is 8.57. The number of benzene rings is 1. The van der Waals surface area contributed by atoms with Crippen molar-refractivity contribution in [2.45, 2.75) is 11.7 Å². The number of hydrogen-bond donors (Lipinski definition) is 1. The maximum Gasteiger partial charge on any atom is 0.0527 e. The van der Waals surface area contributed by atoms with Gasteiger partial charge in [-0.2, -0.15) is 12.6 Å². The minimum atomic E-state index is -0.301. The Hall–Kier alpha value is -0.400. The lowest BCUT2D eigenvalue weighted by Gasteiger charge is -2.19. The zero-order chi connectivity index (χ0) is 9.19. The Morgan fingerprint density at radius 3 is 2.75 bits per heavy atom. The standard InChI is InChI=1S/C10H11ClS/c1-3-10(2,12)8-5-4-6-9(11)7-8/h3-7,12H,1H2,2H3/t10-/m1/s1. The monoisotopic (exact) mass is 198 g/mol. The van der Waals surface area contributed by atoms with E-state index in [1.807, 2.05) is 31.2 Å². The van der Waals surface area contributed by atoms with Crippen molar-refractivity contribution < 1.29 is 0 Å². The molecule has 0 heterocycles. The molecule has 2 heteroatoms. The predicted octanol–water partition coefficient (Wildman–Crippen LogP) is 3.67. The summed E-state index contributed by atoms with van der Waals surface area (Å²) in [7, 11) is 0. The van der Waals surface area contributed by atoms with E-state index < -0.39 is 0 Å². The van der Waals surface area contributed by atoms with Crippen LogP contribution in [0.25, 0.3) is 0 Å². The fraction of sp³-hybridized carbons (Fsp3) is 0.200. The molecule has 0 spiro atoms. The highest BCUT2D eigenvalue weighted by atomic mass is 35.5. The summed E-state index contributed by atoms with van der Waals surface area (Å²) in [4.78, 5) is 0. The Kier molecular flexibility index (Phi) is 2.86. The van der Waals surface area contributed by atoms with Gasteiger partial charge in [-0.25, -0.2) is 0 Å². The van der Waals surface area contributed by atoms with Crippen molar-refractivity contribution in [3.63, 3.8) is 0 Å². The minimum Gasteiger partial charge on any atom is -0.164 e. The first-order valence-corrected chi connectivity index (χ1v) is 4.51. The molecule has 0 N–H and O–H groups in total. The summed E-state index contributed by atoms with van der Waals surface area (Å²) in [5.41, 5.74) is 1.06. The summed E-state index contributed by atoms with van der Waals surface area (Å²) in [5, 5.41) is 0.731. The summed E-state index contributed by atoms with van der Waals surface area (Å²) in [6.45, 7) is 5.70. The lowest BCUT2D eigenvalue weighted by atomic mass is 10.0. The summed E-state index contributed by atoms with van der Waals surface area (Å²) in [6, 6.07) is 7.64. The molecule has 0 unspecified atom stereocenters. The van der Waals surface area contributed by atoms with Crippen LogP contribution in [0.2, 0.25) is 5.02 Å². The predicted molar refractivity (Wildman–Crippen MR) is 58.0 cm³/mol. The fourth-order valence-corrected chi connectivity index (χ4v) is 1.25. The average molecular weight is 199 g/mol. The summed E-state index contributed by atoms with van der Waals surface area (Å²) in [5.74, 6) is 0. The van der Waals surface area contributed by atoms with Crippen molar-refractivity contribution in [1.82, 2.24) is 0 Å². The Balaban J connectivity index is 3.11. The van der Waals surface area contributed by atoms with Crippen LogP contribution in [0, 0.1) is 0 Å². The fourth-order valence-electron chi connectivity index (χ4n) is 0.921. The van der Waals surface area contributed by atoms with Gasteiger partial charge >= 0.3 is 0 Å². The largest absolute Gasteiger partial charge is 0.164 e. The first-order valence-electron chi connectivity index (χ1n) is 3.68. The van der Waals surface area contributed by atoms with Gasteiger partial charge in [-0.3, -0.25) is 0 Å². The Labute approximate surface area is 83.7 Å². The minimum absolute atomic E-state index is 0.301. The third-order valence-corrected chi connectivity index (χ3v) is 2.48. The van der Waals surface area contributed by atoms with Gasteiger partial charge in [-0.1, -0.05) is 29.8 Å². The third kappa shape index (κ3) is 2.05. The summed E-state index contributed by atoms with van der Waals surface area (Å²) >= 11 is 10.3. The highest BCUT2D eigenvalue weighted by Crippen LogP contribution is 2.30. The maximum absolute atomic E-state index is 5.84. The molecule has 1 rings (SSSR count). The zero-order valence-electron chi connectivity index (χ0n) is 6.92. The van der Waals surface area contributed by atoms with Gasteiger partial charge < -0.3 is 0 Å². The van der Waals surface area contributed by atoms with Gasteiger partial charge in [-0.15, -0.1) is 6.58 Å². The van der Waals surface area contributed by atoms with Crippen LogP contribution in [-0.4, -0.2) is 0 Å². The SMILES string of the molecule is C=C[C@@](C)(S)c1cccc(Cl)c1. The molecule has 12 heavy (non-hydrogen) atoms. The highest BCUT2D eigenvalue weighted by molar-refractivity contribution is 7.81. The molecule has 0 aliphatic heterocycles. The smallest absolute Gasteiger partial charge is 0.0527 e. The number of thiol groups is 1. The van der Waals surface area contributed by atoms with Crippen LogP contribution in [0.3, 0.4) is 0 Å². The first kappa shape index (κ1) is 9.69. The topological polar surface area (TPSA) is 0 Å². The third-order valence-electron chi connectivity index (χ3n) is 1.81. The van der Waals surface area contributed by atoms with Gasteiger partial charge in [0.15, 0.2) is 0 Å². The Morgan fingerprint density at radius 2 is 2.25 bits per heavy atom. The molecule has 1 atom stereocenters. The maximum atomic E-state index is 5.84. The van der Waals surface area contributed by atoms with Gasteiger partial charge in [0, 0.05) is 5.02 Å². The van der Waals surface area contributed by atoms with Gasteiger partial charge in [0.2, 0.25) is 0 Å². The molecule has 0 nitrogen and oxygen atoms in total. The van der Waals surface area contributed by atoms with Gasteiger partial charge in [0.05, 0.1) is 4.75 Å². The second-order valence-electron chi connectivity index (χ2n) is 2.86. The van der Waals surface area contributed by atoms with Crippen molar-refractivity contribution >= 4 is 24.2 Å². The molecule has 0 fully saturated rings. The number of halogens is 1. The normalized spacial score (nSPS) is 15.2. The molecule has 0 aliphatic rings. The average Bonchev–Trinajstić information content (AvgIpc) is 2.05. The molecule has 64 valence electrons. The van der Waals surface area contributed by atoms with E-state index in [1.54, 1.807) is 6.08 Å².